The van der Waals surface area contributed by atoms with E-state index in [0.29, 0.717) is 28.8 Å². The molecule has 8 heteroatoms. The monoisotopic (exact) mass is 341 g/mol. The van der Waals surface area contributed by atoms with Crippen LogP contribution in [-0.2, 0) is 11.3 Å². The Bertz CT molecular complexity index is 837. The van der Waals surface area contributed by atoms with E-state index in [0.717, 1.165) is 17.3 Å². The van der Waals surface area contributed by atoms with Crippen LogP contribution in [0.1, 0.15) is 11.3 Å². The fourth-order valence-electron chi connectivity index (χ4n) is 2.22. The molecule has 0 bridgehead atoms. The molecular weight excluding hydrogens is 326 g/mol. The quantitative estimate of drug-likeness (QED) is 0.648. The molecule has 7 nitrogen and oxygen atoms in total. The van der Waals surface area contributed by atoms with Crippen molar-refractivity contribution in [1.82, 2.24) is 15.3 Å². The van der Waals surface area contributed by atoms with Gasteiger partial charge in [-0.25, -0.2) is 9.97 Å². The number of aromatic nitrogens is 2. The van der Waals surface area contributed by atoms with Crippen molar-refractivity contribution in [1.29, 1.82) is 0 Å². The van der Waals surface area contributed by atoms with Crippen LogP contribution < -0.4 is 16.0 Å². The molecule has 0 atom stereocenters. The first-order valence-corrected chi connectivity index (χ1v) is 7.96. The third-order valence-corrected chi connectivity index (χ3v) is 4.11. The number of amides is 2. The van der Waals surface area contributed by atoms with Gasteiger partial charge in [0.05, 0.1) is 10.6 Å². The number of nitrogen functional groups attached to an aromatic ring is 1. The lowest BCUT2D eigenvalue weighted by molar-refractivity contribution is -0.115. The second kappa shape index (κ2) is 6.71. The van der Waals surface area contributed by atoms with Crippen molar-refractivity contribution in [3.8, 4) is 0 Å². The van der Waals surface area contributed by atoms with E-state index in [4.69, 9.17) is 5.73 Å². The number of carbonyl (C=O) groups excluding carboxylic acids is 2. The molecule has 1 saturated heterocycles. The Labute approximate surface area is 143 Å². The minimum Gasteiger partial charge on any atom is -0.399 e. The molecule has 3 N–H and O–H groups in total. The highest BCUT2D eigenvalue weighted by Gasteiger charge is 2.25. The normalized spacial score (nSPS) is 15.6. The highest BCUT2D eigenvalue weighted by Crippen LogP contribution is 2.25. The lowest BCUT2D eigenvalue weighted by Crippen LogP contribution is -2.19. The van der Waals surface area contributed by atoms with Crippen molar-refractivity contribution >= 4 is 40.6 Å². The number of thioether (sulfide) groups is 1. The van der Waals surface area contributed by atoms with Gasteiger partial charge in [0.1, 0.15) is 0 Å². The summed E-state index contributed by atoms with van der Waals surface area (Å²) < 4.78 is 0. The molecule has 1 aromatic carbocycles. The fraction of sp³-hybridized carbons (Fsp3) is 0.125. The Balaban J connectivity index is 1.78. The van der Waals surface area contributed by atoms with Gasteiger partial charge in [-0.3, -0.25) is 14.9 Å². The van der Waals surface area contributed by atoms with E-state index in [1.165, 1.54) is 0 Å². The van der Waals surface area contributed by atoms with Crippen molar-refractivity contribution in [3.63, 3.8) is 0 Å². The third-order valence-electron chi connectivity index (χ3n) is 3.30. The molecule has 2 amide bonds. The SMILES string of the molecule is CN(Cc1cccc(N)c1)c1nccc(/C=C2/SC(=O)NC2=O)n1. The van der Waals surface area contributed by atoms with E-state index in [2.05, 4.69) is 15.3 Å². The number of rotatable bonds is 4. The summed E-state index contributed by atoms with van der Waals surface area (Å²) in [5.74, 6) is 0.111. The summed E-state index contributed by atoms with van der Waals surface area (Å²) in [6.07, 6.45) is 3.19. The second-order valence-corrected chi connectivity index (χ2v) is 6.25. The maximum atomic E-state index is 11.6. The topological polar surface area (TPSA) is 101 Å². The van der Waals surface area contributed by atoms with Gasteiger partial charge in [0.25, 0.3) is 11.1 Å². The van der Waals surface area contributed by atoms with Gasteiger partial charge in [-0.15, -0.1) is 0 Å². The third kappa shape index (κ3) is 3.72. The first-order valence-electron chi connectivity index (χ1n) is 7.15. The molecule has 2 aromatic rings. The molecule has 2 heterocycles. The van der Waals surface area contributed by atoms with Crippen molar-refractivity contribution in [3.05, 3.63) is 52.7 Å². The zero-order valence-corrected chi connectivity index (χ0v) is 13.7. The average Bonchev–Trinajstić information content (AvgIpc) is 2.85. The molecular formula is C16H15N5O2S. The molecule has 0 saturated carbocycles. The van der Waals surface area contributed by atoms with E-state index in [9.17, 15) is 9.59 Å². The number of anilines is 2. The van der Waals surface area contributed by atoms with Crippen LogP contribution in [0.4, 0.5) is 16.4 Å². The Kier molecular flexibility index (Phi) is 4.48. The molecule has 0 radical (unpaired) electrons. The van der Waals surface area contributed by atoms with Crippen LogP contribution >= 0.6 is 11.8 Å². The van der Waals surface area contributed by atoms with Crippen molar-refractivity contribution in [2.45, 2.75) is 6.54 Å². The zero-order valence-electron chi connectivity index (χ0n) is 12.9. The van der Waals surface area contributed by atoms with Crippen molar-refractivity contribution in [2.24, 2.45) is 0 Å². The first kappa shape index (κ1) is 16.0. The molecule has 1 aliphatic heterocycles. The van der Waals surface area contributed by atoms with Crippen LogP contribution in [-0.4, -0.2) is 28.2 Å². The van der Waals surface area contributed by atoms with E-state index in [-0.39, 0.29) is 5.24 Å². The molecule has 0 unspecified atom stereocenters. The molecule has 1 fully saturated rings. The summed E-state index contributed by atoms with van der Waals surface area (Å²) in [7, 11) is 1.87. The molecule has 24 heavy (non-hydrogen) atoms. The largest absolute Gasteiger partial charge is 0.399 e. The lowest BCUT2D eigenvalue weighted by atomic mass is 10.2. The zero-order chi connectivity index (χ0) is 17.1. The summed E-state index contributed by atoms with van der Waals surface area (Å²) >= 11 is 0.861. The molecule has 122 valence electrons. The Morgan fingerprint density at radius 2 is 2.17 bits per heavy atom. The standard InChI is InChI=1S/C16H15N5O2S/c1-21(9-10-3-2-4-11(17)7-10)15-18-6-5-12(19-15)8-13-14(22)20-16(23)24-13/h2-8H,9,17H2,1H3,(H,20,22,23)/b13-8+. The minimum absolute atomic E-state index is 0.322. The lowest BCUT2D eigenvalue weighted by Gasteiger charge is -2.17. The minimum atomic E-state index is -0.404. The maximum absolute atomic E-state index is 11.6. The second-order valence-electron chi connectivity index (χ2n) is 5.23. The Hall–Kier alpha value is -2.87. The van der Waals surface area contributed by atoms with Crippen LogP contribution in [0, 0.1) is 0 Å². The van der Waals surface area contributed by atoms with Gasteiger partial charge in [0.15, 0.2) is 0 Å². The van der Waals surface area contributed by atoms with Gasteiger partial charge >= 0.3 is 0 Å². The summed E-state index contributed by atoms with van der Waals surface area (Å²) in [6, 6.07) is 9.28. The molecule has 1 aliphatic rings. The predicted molar refractivity (Wildman–Crippen MR) is 94.1 cm³/mol. The Morgan fingerprint density at radius 1 is 1.33 bits per heavy atom. The molecule has 3 rings (SSSR count). The number of nitrogens with two attached hydrogens (primary N) is 1. The summed E-state index contributed by atoms with van der Waals surface area (Å²) in [5.41, 5.74) is 8.10. The van der Waals surface area contributed by atoms with Crippen LogP contribution in [0.3, 0.4) is 0 Å². The van der Waals surface area contributed by atoms with E-state index >= 15 is 0 Å². The highest BCUT2D eigenvalue weighted by molar-refractivity contribution is 8.18. The van der Waals surface area contributed by atoms with Crippen molar-refractivity contribution in [2.75, 3.05) is 17.7 Å². The van der Waals surface area contributed by atoms with Gasteiger partial charge < -0.3 is 10.6 Å². The number of carbonyl (C=O) groups is 2. The number of benzene rings is 1. The van der Waals surface area contributed by atoms with E-state index in [1.807, 2.05) is 36.2 Å². The number of nitrogens with zero attached hydrogens (tertiary/aromatic N) is 3. The molecule has 0 aliphatic carbocycles. The number of nitrogens with one attached hydrogen (secondary N) is 1. The number of imide groups is 1. The summed E-state index contributed by atoms with van der Waals surface area (Å²) in [4.78, 5) is 33.7. The summed E-state index contributed by atoms with van der Waals surface area (Å²) in [5, 5.41) is 1.84. The van der Waals surface area contributed by atoms with Gasteiger partial charge in [0, 0.05) is 25.5 Å². The fourth-order valence-corrected chi connectivity index (χ4v) is 2.88. The average molecular weight is 341 g/mol. The predicted octanol–water partition coefficient (Wildman–Crippen LogP) is 2.02. The highest BCUT2D eigenvalue weighted by atomic mass is 32.2. The van der Waals surface area contributed by atoms with Crippen LogP contribution in [0.5, 0.6) is 0 Å². The van der Waals surface area contributed by atoms with Crippen LogP contribution in [0.15, 0.2) is 41.4 Å². The van der Waals surface area contributed by atoms with Crippen LogP contribution in [0.2, 0.25) is 0 Å². The maximum Gasteiger partial charge on any atom is 0.290 e. The number of hydrogen-bond acceptors (Lipinski definition) is 7. The smallest absolute Gasteiger partial charge is 0.290 e. The van der Waals surface area contributed by atoms with Crippen LogP contribution in [0.25, 0.3) is 6.08 Å². The van der Waals surface area contributed by atoms with E-state index < -0.39 is 5.91 Å². The Morgan fingerprint density at radius 3 is 2.88 bits per heavy atom. The number of hydrogen-bond donors (Lipinski definition) is 2. The van der Waals surface area contributed by atoms with Crippen molar-refractivity contribution < 1.29 is 9.59 Å². The van der Waals surface area contributed by atoms with Gasteiger partial charge in [-0.2, -0.15) is 0 Å². The van der Waals surface area contributed by atoms with Gasteiger partial charge in [-0.1, -0.05) is 12.1 Å². The van der Waals surface area contributed by atoms with Gasteiger partial charge in [-0.05, 0) is 41.6 Å². The summed E-state index contributed by atoms with van der Waals surface area (Å²) in [6.45, 7) is 0.596. The molecule has 1 aromatic heterocycles. The van der Waals surface area contributed by atoms with Gasteiger partial charge in [0.2, 0.25) is 5.95 Å². The van der Waals surface area contributed by atoms with E-state index in [1.54, 1.807) is 18.3 Å². The first-order chi connectivity index (χ1) is 11.5. The molecule has 0 spiro atoms.